The Kier molecular flexibility index (Phi) is 3.04. The highest BCUT2D eigenvalue weighted by atomic mass is 16.5. The molecule has 16 heavy (non-hydrogen) atoms. The number of hydrogen-bond acceptors (Lipinski definition) is 3. The molecule has 1 N–H and O–H groups in total. The standard InChI is InChI=1S/C13H17NO2/c1-9-4-10(2)6-12(5-9)15-8-13-7-14-11(3)16-13/h4-6,13-14H,3,7-8H2,1-2H3. The number of ether oxygens (including phenoxy) is 2. The zero-order valence-corrected chi connectivity index (χ0v) is 9.75. The molecule has 0 amide bonds. The fourth-order valence-corrected chi connectivity index (χ4v) is 1.81. The molecule has 1 fully saturated rings. The van der Waals surface area contributed by atoms with E-state index in [2.05, 4.69) is 31.8 Å². The van der Waals surface area contributed by atoms with Gasteiger partial charge in [0.2, 0.25) is 0 Å². The lowest BCUT2D eigenvalue weighted by Gasteiger charge is -2.12. The van der Waals surface area contributed by atoms with Crippen LogP contribution in [0.2, 0.25) is 0 Å². The summed E-state index contributed by atoms with van der Waals surface area (Å²) >= 11 is 0. The second-order valence-corrected chi connectivity index (χ2v) is 4.18. The minimum absolute atomic E-state index is 0.0633. The fraction of sp³-hybridized carbons (Fsp3) is 0.385. The first-order valence-electron chi connectivity index (χ1n) is 5.44. The number of rotatable bonds is 3. The number of aryl methyl sites for hydroxylation is 2. The molecule has 1 aromatic carbocycles. The highest BCUT2D eigenvalue weighted by Crippen LogP contribution is 2.17. The maximum Gasteiger partial charge on any atom is 0.179 e. The molecule has 1 unspecified atom stereocenters. The molecule has 0 aromatic heterocycles. The van der Waals surface area contributed by atoms with Crippen LogP contribution in [-0.4, -0.2) is 19.3 Å². The van der Waals surface area contributed by atoms with E-state index in [1.807, 2.05) is 12.1 Å². The lowest BCUT2D eigenvalue weighted by molar-refractivity contribution is 0.110. The molecule has 1 aliphatic rings. The molecule has 1 atom stereocenters. The van der Waals surface area contributed by atoms with E-state index in [-0.39, 0.29) is 6.10 Å². The SMILES string of the molecule is C=C1NCC(COc2cc(C)cc(C)c2)O1. The molecule has 0 radical (unpaired) electrons. The van der Waals surface area contributed by atoms with E-state index in [9.17, 15) is 0 Å². The van der Waals surface area contributed by atoms with Gasteiger partial charge in [-0.3, -0.25) is 0 Å². The Bertz CT molecular complexity index is 381. The maximum absolute atomic E-state index is 5.69. The van der Waals surface area contributed by atoms with Crippen molar-refractivity contribution in [1.82, 2.24) is 5.32 Å². The average Bonchev–Trinajstić information content (AvgIpc) is 2.60. The van der Waals surface area contributed by atoms with Crippen molar-refractivity contribution in [2.45, 2.75) is 20.0 Å². The second-order valence-electron chi connectivity index (χ2n) is 4.18. The summed E-state index contributed by atoms with van der Waals surface area (Å²) in [7, 11) is 0. The molecule has 0 saturated carbocycles. The number of benzene rings is 1. The molecule has 86 valence electrons. The summed E-state index contributed by atoms with van der Waals surface area (Å²) in [4.78, 5) is 0. The molecule has 0 aliphatic carbocycles. The lowest BCUT2D eigenvalue weighted by atomic mass is 10.1. The van der Waals surface area contributed by atoms with Crippen molar-refractivity contribution >= 4 is 0 Å². The van der Waals surface area contributed by atoms with Gasteiger partial charge in [0.1, 0.15) is 12.4 Å². The van der Waals surface area contributed by atoms with E-state index in [4.69, 9.17) is 9.47 Å². The van der Waals surface area contributed by atoms with Gasteiger partial charge in [-0.25, -0.2) is 0 Å². The summed E-state index contributed by atoms with van der Waals surface area (Å²) in [5, 5.41) is 3.03. The first-order chi connectivity index (χ1) is 7.63. The second kappa shape index (κ2) is 4.47. The van der Waals surface area contributed by atoms with Gasteiger partial charge in [0.25, 0.3) is 0 Å². The monoisotopic (exact) mass is 219 g/mol. The Morgan fingerprint density at radius 1 is 1.38 bits per heavy atom. The largest absolute Gasteiger partial charge is 0.490 e. The van der Waals surface area contributed by atoms with E-state index < -0.39 is 0 Å². The fourth-order valence-electron chi connectivity index (χ4n) is 1.81. The van der Waals surface area contributed by atoms with E-state index >= 15 is 0 Å². The van der Waals surface area contributed by atoms with Gasteiger partial charge in [0.15, 0.2) is 12.0 Å². The van der Waals surface area contributed by atoms with Crippen LogP contribution < -0.4 is 10.1 Å². The molecule has 1 heterocycles. The van der Waals surface area contributed by atoms with Gasteiger partial charge in [0, 0.05) is 0 Å². The van der Waals surface area contributed by atoms with Gasteiger partial charge >= 0.3 is 0 Å². The Labute approximate surface area is 96.1 Å². The zero-order chi connectivity index (χ0) is 11.5. The summed E-state index contributed by atoms with van der Waals surface area (Å²) in [5.74, 6) is 1.53. The summed E-state index contributed by atoms with van der Waals surface area (Å²) in [6.45, 7) is 9.15. The van der Waals surface area contributed by atoms with E-state index in [1.54, 1.807) is 0 Å². The van der Waals surface area contributed by atoms with E-state index in [0.29, 0.717) is 12.5 Å². The van der Waals surface area contributed by atoms with Crippen molar-refractivity contribution < 1.29 is 9.47 Å². The van der Waals surface area contributed by atoms with Crippen LogP contribution >= 0.6 is 0 Å². The number of nitrogens with one attached hydrogen (secondary N) is 1. The minimum Gasteiger partial charge on any atom is -0.490 e. The first-order valence-corrected chi connectivity index (χ1v) is 5.44. The molecule has 1 aliphatic heterocycles. The van der Waals surface area contributed by atoms with Crippen LogP contribution in [0.1, 0.15) is 11.1 Å². The van der Waals surface area contributed by atoms with Crippen molar-refractivity contribution in [3.05, 3.63) is 41.8 Å². The summed E-state index contributed by atoms with van der Waals surface area (Å²) in [6, 6.07) is 6.19. The van der Waals surface area contributed by atoms with Gasteiger partial charge in [-0.15, -0.1) is 0 Å². The molecule has 0 bridgehead atoms. The Balaban J connectivity index is 1.91. The maximum atomic E-state index is 5.69. The highest BCUT2D eigenvalue weighted by Gasteiger charge is 2.18. The third-order valence-corrected chi connectivity index (χ3v) is 2.47. The van der Waals surface area contributed by atoms with Crippen molar-refractivity contribution in [1.29, 1.82) is 0 Å². The van der Waals surface area contributed by atoms with Crippen molar-refractivity contribution in [3.63, 3.8) is 0 Å². The first kappa shape index (κ1) is 10.9. The topological polar surface area (TPSA) is 30.5 Å². The summed E-state index contributed by atoms with van der Waals surface area (Å²) in [6.07, 6.45) is 0.0633. The zero-order valence-electron chi connectivity index (χ0n) is 9.75. The molecule has 3 heteroatoms. The molecular weight excluding hydrogens is 202 g/mol. The molecule has 2 rings (SSSR count). The highest BCUT2D eigenvalue weighted by molar-refractivity contribution is 5.33. The number of hydrogen-bond donors (Lipinski definition) is 1. The molecule has 3 nitrogen and oxygen atoms in total. The van der Waals surface area contributed by atoms with Gasteiger partial charge in [-0.1, -0.05) is 6.07 Å². The van der Waals surface area contributed by atoms with Crippen LogP contribution in [0.15, 0.2) is 30.7 Å². The van der Waals surface area contributed by atoms with Crippen LogP contribution in [0.5, 0.6) is 5.75 Å². The van der Waals surface area contributed by atoms with Crippen LogP contribution in [0.25, 0.3) is 0 Å². The predicted molar refractivity (Wildman–Crippen MR) is 63.4 cm³/mol. The van der Waals surface area contributed by atoms with Crippen LogP contribution in [-0.2, 0) is 4.74 Å². The summed E-state index contributed by atoms with van der Waals surface area (Å²) in [5.41, 5.74) is 2.43. The van der Waals surface area contributed by atoms with Crippen LogP contribution in [0.3, 0.4) is 0 Å². The van der Waals surface area contributed by atoms with Crippen LogP contribution in [0.4, 0.5) is 0 Å². The predicted octanol–water partition coefficient (Wildman–Crippen LogP) is 2.14. The molecule has 0 spiro atoms. The third kappa shape index (κ3) is 2.69. The Morgan fingerprint density at radius 3 is 2.62 bits per heavy atom. The summed E-state index contributed by atoms with van der Waals surface area (Å²) < 4.78 is 11.1. The van der Waals surface area contributed by atoms with Gasteiger partial charge in [-0.05, 0) is 43.7 Å². The normalized spacial score (nSPS) is 19.1. The average molecular weight is 219 g/mol. The van der Waals surface area contributed by atoms with E-state index in [1.165, 1.54) is 11.1 Å². The third-order valence-electron chi connectivity index (χ3n) is 2.47. The molecular formula is C13H17NO2. The molecule has 1 saturated heterocycles. The van der Waals surface area contributed by atoms with Gasteiger partial charge in [0.05, 0.1) is 6.54 Å². The van der Waals surface area contributed by atoms with Crippen molar-refractivity contribution in [2.24, 2.45) is 0 Å². The van der Waals surface area contributed by atoms with Gasteiger partial charge < -0.3 is 14.8 Å². The van der Waals surface area contributed by atoms with Crippen LogP contribution in [0, 0.1) is 13.8 Å². The quantitative estimate of drug-likeness (QED) is 0.845. The Morgan fingerprint density at radius 2 is 2.06 bits per heavy atom. The Hall–Kier alpha value is -1.64. The van der Waals surface area contributed by atoms with Crippen molar-refractivity contribution in [3.8, 4) is 5.75 Å². The lowest BCUT2D eigenvalue weighted by Crippen LogP contribution is -2.21. The smallest absolute Gasteiger partial charge is 0.179 e. The van der Waals surface area contributed by atoms with Crippen molar-refractivity contribution in [2.75, 3.05) is 13.2 Å². The minimum atomic E-state index is 0.0633. The molecule has 1 aromatic rings. The van der Waals surface area contributed by atoms with E-state index in [0.717, 1.165) is 12.3 Å². The van der Waals surface area contributed by atoms with Gasteiger partial charge in [-0.2, -0.15) is 0 Å².